The molecule has 1 heterocycles. The van der Waals surface area contributed by atoms with Gasteiger partial charge in [-0.2, -0.15) is 0 Å². The lowest BCUT2D eigenvalue weighted by molar-refractivity contribution is 0.198. The quantitative estimate of drug-likeness (QED) is 0.898. The largest absolute Gasteiger partial charge is 0.396 e. The van der Waals surface area contributed by atoms with Gasteiger partial charge in [-0.05, 0) is 43.4 Å². The van der Waals surface area contributed by atoms with E-state index in [2.05, 4.69) is 33.0 Å². The van der Waals surface area contributed by atoms with E-state index in [9.17, 15) is 5.11 Å². The van der Waals surface area contributed by atoms with Crippen molar-refractivity contribution >= 4 is 21.6 Å². The van der Waals surface area contributed by atoms with Crippen molar-refractivity contribution in [3.05, 3.63) is 28.2 Å². The molecule has 1 aliphatic rings. The van der Waals surface area contributed by atoms with Crippen LogP contribution in [0.1, 0.15) is 31.4 Å². The van der Waals surface area contributed by atoms with Crippen LogP contribution >= 0.6 is 15.9 Å². The topological polar surface area (TPSA) is 43.7 Å². The molecule has 1 aromatic carbocycles. The predicted octanol–water partition coefficient (Wildman–Crippen LogP) is 2.71. The number of nitrogens with zero attached hydrogens (tertiary/aromatic N) is 1. The van der Waals surface area contributed by atoms with Gasteiger partial charge in [-0.25, -0.2) is 0 Å². The minimum absolute atomic E-state index is 0.281. The van der Waals surface area contributed by atoms with Crippen LogP contribution in [-0.2, 0) is 0 Å². The van der Waals surface area contributed by atoms with Crippen molar-refractivity contribution in [2.45, 2.75) is 25.9 Å². The van der Waals surface area contributed by atoms with E-state index < -0.39 is 6.10 Å². The standard InChI is InChI=1S/C14H20BrNO2/c1-10(18)13-3-2-12(8-14(13)15)16-6-4-11(9-16)5-7-17/h2-3,8,10-11,17-18H,4-7,9H2,1H3/t10-,11?/m1/s1. The summed E-state index contributed by atoms with van der Waals surface area (Å²) in [6, 6.07) is 6.11. The van der Waals surface area contributed by atoms with Gasteiger partial charge >= 0.3 is 0 Å². The van der Waals surface area contributed by atoms with E-state index in [0.717, 1.165) is 36.0 Å². The van der Waals surface area contributed by atoms with Crippen molar-refractivity contribution in [2.75, 3.05) is 24.6 Å². The summed E-state index contributed by atoms with van der Waals surface area (Å²) in [4.78, 5) is 2.34. The van der Waals surface area contributed by atoms with Crippen LogP contribution in [0, 0.1) is 5.92 Å². The molecule has 0 spiro atoms. The number of hydrogen-bond donors (Lipinski definition) is 2. The predicted molar refractivity (Wildman–Crippen MR) is 76.8 cm³/mol. The summed E-state index contributed by atoms with van der Waals surface area (Å²) in [5.41, 5.74) is 2.11. The van der Waals surface area contributed by atoms with Crippen molar-refractivity contribution < 1.29 is 10.2 Å². The van der Waals surface area contributed by atoms with Gasteiger partial charge in [0.1, 0.15) is 0 Å². The molecule has 2 rings (SSSR count). The number of benzene rings is 1. The molecular weight excluding hydrogens is 294 g/mol. The van der Waals surface area contributed by atoms with Crippen molar-refractivity contribution in [1.29, 1.82) is 0 Å². The lowest BCUT2D eigenvalue weighted by atomic mass is 10.1. The highest BCUT2D eigenvalue weighted by atomic mass is 79.9. The highest BCUT2D eigenvalue weighted by Gasteiger charge is 2.22. The Labute approximate surface area is 117 Å². The molecule has 0 bridgehead atoms. The number of halogens is 1. The molecule has 3 nitrogen and oxygen atoms in total. The molecule has 0 saturated carbocycles. The van der Waals surface area contributed by atoms with E-state index in [-0.39, 0.29) is 6.61 Å². The van der Waals surface area contributed by atoms with Crippen LogP contribution in [0.15, 0.2) is 22.7 Å². The molecule has 0 aliphatic carbocycles. The molecule has 100 valence electrons. The van der Waals surface area contributed by atoms with Gasteiger partial charge in [0, 0.05) is 29.9 Å². The first-order valence-corrected chi connectivity index (χ1v) is 7.24. The van der Waals surface area contributed by atoms with Crippen LogP contribution in [0.4, 0.5) is 5.69 Å². The van der Waals surface area contributed by atoms with Gasteiger partial charge < -0.3 is 15.1 Å². The van der Waals surface area contributed by atoms with Gasteiger partial charge in [0.2, 0.25) is 0 Å². The minimum Gasteiger partial charge on any atom is -0.396 e. The molecule has 1 unspecified atom stereocenters. The fraction of sp³-hybridized carbons (Fsp3) is 0.571. The Hall–Kier alpha value is -0.580. The van der Waals surface area contributed by atoms with Crippen LogP contribution in [0.25, 0.3) is 0 Å². The maximum atomic E-state index is 9.60. The number of aliphatic hydroxyl groups excluding tert-OH is 2. The normalized spacial score (nSPS) is 21.3. The first-order valence-electron chi connectivity index (χ1n) is 6.45. The molecule has 18 heavy (non-hydrogen) atoms. The van der Waals surface area contributed by atoms with Crippen molar-refractivity contribution in [2.24, 2.45) is 5.92 Å². The summed E-state index contributed by atoms with van der Waals surface area (Å²) >= 11 is 3.51. The Morgan fingerprint density at radius 2 is 2.28 bits per heavy atom. The summed E-state index contributed by atoms with van der Waals surface area (Å²) in [6.45, 7) is 4.11. The van der Waals surface area contributed by atoms with Crippen molar-refractivity contribution in [3.63, 3.8) is 0 Å². The molecule has 1 aliphatic heterocycles. The molecule has 1 aromatic rings. The first kappa shape index (κ1) is 13.8. The van der Waals surface area contributed by atoms with Gasteiger partial charge in [-0.1, -0.05) is 22.0 Å². The summed E-state index contributed by atoms with van der Waals surface area (Å²) in [5, 5.41) is 18.6. The molecule has 4 heteroatoms. The average molecular weight is 314 g/mol. The molecule has 0 radical (unpaired) electrons. The Kier molecular flexibility index (Phi) is 4.65. The van der Waals surface area contributed by atoms with Crippen LogP contribution in [0.3, 0.4) is 0 Å². The zero-order chi connectivity index (χ0) is 13.1. The molecule has 1 saturated heterocycles. The molecule has 0 amide bonds. The van der Waals surface area contributed by atoms with E-state index >= 15 is 0 Å². The average Bonchev–Trinajstić information content (AvgIpc) is 2.77. The molecule has 0 aromatic heterocycles. The molecule has 1 fully saturated rings. The summed E-state index contributed by atoms with van der Waals surface area (Å²) < 4.78 is 0.959. The molecule has 2 atom stereocenters. The Balaban J connectivity index is 2.09. The molecular formula is C14H20BrNO2. The fourth-order valence-electron chi connectivity index (χ4n) is 2.54. The van der Waals surface area contributed by atoms with Gasteiger partial charge in [0.15, 0.2) is 0 Å². The minimum atomic E-state index is -0.450. The fourth-order valence-corrected chi connectivity index (χ4v) is 3.23. The second-order valence-electron chi connectivity index (χ2n) is 4.99. The third kappa shape index (κ3) is 3.05. The van der Waals surface area contributed by atoms with Crippen molar-refractivity contribution in [3.8, 4) is 0 Å². The summed E-state index contributed by atoms with van der Waals surface area (Å²) in [7, 11) is 0. The molecule has 2 N–H and O–H groups in total. The SMILES string of the molecule is C[C@@H](O)c1ccc(N2CCC(CCO)C2)cc1Br. The van der Waals surface area contributed by atoms with E-state index in [1.165, 1.54) is 5.69 Å². The number of hydrogen-bond acceptors (Lipinski definition) is 3. The summed E-state index contributed by atoms with van der Waals surface area (Å²) in [6.07, 6.45) is 1.59. The van der Waals surface area contributed by atoms with Crippen LogP contribution in [-0.4, -0.2) is 29.9 Å². The highest BCUT2D eigenvalue weighted by molar-refractivity contribution is 9.10. The second kappa shape index (κ2) is 6.04. The van der Waals surface area contributed by atoms with Gasteiger partial charge in [-0.3, -0.25) is 0 Å². The van der Waals surface area contributed by atoms with Crippen molar-refractivity contribution in [1.82, 2.24) is 0 Å². The third-order valence-corrected chi connectivity index (χ3v) is 4.31. The van der Waals surface area contributed by atoms with E-state index in [1.54, 1.807) is 6.92 Å². The van der Waals surface area contributed by atoms with Gasteiger partial charge in [0.25, 0.3) is 0 Å². The maximum Gasteiger partial charge on any atom is 0.0772 e. The Morgan fingerprint density at radius 1 is 1.50 bits per heavy atom. The smallest absolute Gasteiger partial charge is 0.0772 e. The number of aliphatic hydroxyl groups is 2. The van der Waals surface area contributed by atoms with E-state index in [1.807, 2.05) is 6.07 Å². The Bertz CT molecular complexity index is 409. The van der Waals surface area contributed by atoms with E-state index in [4.69, 9.17) is 5.11 Å². The zero-order valence-corrected chi connectivity index (χ0v) is 12.2. The van der Waals surface area contributed by atoms with E-state index in [0.29, 0.717) is 5.92 Å². The maximum absolute atomic E-state index is 9.60. The highest BCUT2D eigenvalue weighted by Crippen LogP contribution is 2.31. The monoisotopic (exact) mass is 313 g/mol. The zero-order valence-electron chi connectivity index (χ0n) is 10.6. The van der Waals surface area contributed by atoms with Gasteiger partial charge in [0.05, 0.1) is 6.10 Å². The summed E-state index contributed by atoms with van der Waals surface area (Å²) in [5.74, 6) is 0.602. The second-order valence-corrected chi connectivity index (χ2v) is 5.85. The lowest BCUT2D eigenvalue weighted by Crippen LogP contribution is -2.20. The van der Waals surface area contributed by atoms with Crippen LogP contribution < -0.4 is 4.90 Å². The van der Waals surface area contributed by atoms with Gasteiger partial charge in [-0.15, -0.1) is 0 Å². The number of anilines is 1. The number of rotatable bonds is 4. The van der Waals surface area contributed by atoms with Crippen LogP contribution in [0.5, 0.6) is 0 Å². The first-order chi connectivity index (χ1) is 8.61. The van der Waals surface area contributed by atoms with Crippen LogP contribution in [0.2, 0.25) is 0 Å². The third-order valence-electron chi connectivity index (χ3n) is 3.62. The Morgan fingerprint density at radius 3 is 2.89 bits per heavy atom. The lowest BCUT2D eigenvalue weighted by Gasteiger charge is -2.20.